The first-order valence-electron chi connectivity index (χ1n) is 8.45. The van der Waals surface area contributed by atoms with Crippen molar-refractivity contribution >= 4 is 15.9 Å². The van der Waals surface area contributed by atoms with Crippen LogP contribution in [0.3, 0.4) is 0 Å². The fourth-order valence-corrected chi connectivity index (χ4v) is 4.53. The molecule has 140 valence electrons. The summed E-state index contributed by atoms with van der Waals surface area (Å²) in [5, 5.41) is 2.81. The highest BCUT2D eigenvalue weighted by Gasteiger charge is 2.33. The Morgan fingerprint density at radius 3 is 2.73 bits per heavy atom. The summed E-state index contributed by atoms with van der Waals surface area (Å²) < 4.78 is 37.3. The zero-order chi connectivity index (χ0) is 18.6. The molecule has 3 rings (SSSR count). The molecule has 1 atom stereocenters. The molecule has 7 nitrogen and oxygen atoms in total. The zero-order valence-corrected chi connectivity index (χ0v) is 15.4. The SMILES string of the molecule is COc1ccc(S(=O)(=O)N2CCC[C@H](C(=O)NCc3ccco3)C2)cc1. The van der Waals surface area contributed by atoms with Crippen LogP contribution in [-0.4, -0.2) is 38.8 Å². The third-order valence-corrected chi connectivity index (χ3v) is 6.35. The molecule has 1 saturated heterocycles. The van der Waals surface area contributed by atoms with Gasteiger partial charge in [0.2, 0.25) is 15.9 Å². The second-order valence-electron chi connectivity index (χ2n) is 6.17. The number of benzene rings is 1. The van der Waals surface area contributed by atoms with Gasteiger partial charge in [0.25, 0.3) is 0 Å². The van der Waals surface area contributed by atoms with E-state index in [1.54, 1.807) is 30.5 Å². The van der Waals surface area contributed by atoms with Gasteiger partial charge in [-0.15, -0.1) is 0 Å². The van der Waals surface area contributed by atoms with Gasteiger partial charge >= 0.3 is 0 Å². The summed E-state index contributed by atoms with van der Waals surface area (Å²) in [6.07, 6.45) is 2.86. The monoisotopic (exact) mass is 378 g/mol. The van der Waals surface area contributed by atoms with Crippen molar-refractivity contribution in [1.29, 1.82) is 0 Å². The van der Waals surface area contributed by atoms with Crippen LogP contribution in [0.1, 0.15) is 18.6 Å². The van der Waals surface area contributed by atoms with E-state index in [0.29, 0.717) is 37.4 Å². The molecule has 0 unspecified atom stereocenters. The average Bonchev–Trinajstić information content (AvgIpc) is 3.20. The van der Waals surface area contributed by atoms with Gasteiger partial charge in [-0.3, -0.25) is 4.79 Å². The number of hydrogen-bond acceptors (Lipinski definition) is 5. The van der Waals surface area contributed by atoms with Crippen molar-refractivity contribution < 1.29 is 22.4 Å². The topological polar surface area (TPSA) is 88.9 Å². The molecule has 0 aliphatic carbocycles. The maximum Gasteiger partial charge on any atom is 0.243 e. The molecule has 1 aliphatic heterocycles. The molecule has 1 amide bonds. The lowest BCUT2D eigenvalue weighted by Crippen LogP contribution is -2.45. The van der Waals surface area contributed by atoms with Crippen LogP contribution >= 0.6 is 0 Å². The molecule has 1 aromatic heterocycles. The lowest BCUT2D eigenvalue weighted by Gasteiger charge is -2.31. The molecule has 0 radical (unpaired) electrons. The Morgan fingerprint density at radius 1 is 1.31 bits per heavy atom. The highest BCUT2D eigenvalue weighted by Crippen LogP contribution is 2.25. The van der Waals surface area contributed by atoms with Gasteiger partial charge in [-0.05, 0) is 49.2 Å². The number of furan rings is 1. The van der Waals surface area contributed by atoms with E-state index in [2.05, 4.69) is 5.32 Å². The van der Waals surface area contributed by atoms with Crippen molar-refractivity contribution in [3.63, 3.8) is 0 Å². The van der Waals surface area contributed by atoms with E-state index in [-0.39, 0.29) is 23.3 Å². The Balaban J connectivity index is 1.65. The Labute approximate surface area is 153 Å². The van der Waals surface area contributed by atoms with E-state index in [1.165, 1.54) is 23.5 Å². The Bertz CT molecular complexity index is 831. The van der Waals surface area contributed by atoms with Gasteiger partial charge in [-0.25, -0.2) is 8.42 Å². The first-order valence-corrected chi connectivity index (χ1v) is 9.89. The van der Waals surface area contributed by atoms with Crippen molar-refractivity contribution in [1.82, 2.24) is 9.62 Å². The van der Waals surface area contributed by atoms with Crippen molar-refractivity contribution in [2.75, 3.05) is 20.2 Å². The number of methoxy groups -OCH3 is 1. The lowest BCUT2D eigenvalue weighted by molar-refractivity contribution is -0.126. The van der Waals surface area contributed by atoms with Gasteiger partial charge in [0.05, 0.1) is 30.7 Å². The molecule has 0 saturated carbocycles. The molecule has 1 aromatic carbocycles. The Morgan fingerprint density at radius 2 is 2.08 bits per heavy atom. The third-order valence-electron chi connectivity index (χ3n) is 4.47. The molecule has 1 fully saturated rings. The fraction of sp³-hybridized carbons (Fsp3) is 0.389. The molecule has 8 heteroatoms. The van der Waals surface area contributed by atoms with Crippen molar-refractivity contribution in [3.05, 3.63) is 48.4 Å². The van der Waals surface area contributed by atoms with E-state index in [1.807, 2.05) is 0 Å². The van der Waals surface area contributed by atoms with Crippen LogP contribution < -0.4 is 10.1 Å². The molecule has 1 N–H and O–H groups in total. The number of nitrogens with one attached hydrogen (secondary N) is 1. The predicted octanol–water partition coefficient (Wildman–Crippen LogP) is 2.01. The first kappa shape index (κ1) is 18.5. The minimum absolute atomic E-state index is 0.156. The van der Waals surface area contributed by atoms with Crippen LogP contribution in [0.5, 0.6) is 5.75 Å². The van der Waals surface area contributed by atoms with E-state index in [4.69, 9.17) is 9.15 Å². The molecule has 2 aromatic rings. The van der Waals surface area contributed by atoms with Gasteiger partial charge in [0.15, 0.2) is 0 Å². The van der Waals surface area contributed by atoms with Crippen LogP contribution in [0.2, 0.25) is 0 Å². The Kier molecular flexibility index (Phi) is 5.63. The molecular formula is C18H22N2O5S. The normalized spacial score (nSPS) is 18.4. The molecule has 1 aliphatic rings. The Hall–Kier alpha value is -2.32. The molecular weight excluding hydrogens is 356 g/mol. The smallest absolute Gasteiger partial charge is 0.243 e. The predicted molar refractivity (Wildman–Crippen MR) is 95.0 cm³/mol. The number of piperidine rings is 1. The second-order valence-corrected chi connectivity index (χ2v) is 8.11. The summed E-state index contributed by atoms with van der Waals surface area (Å²) in [6, 6.07) is 9.81. The summed E-state index contributed by atoms with van der Waals surface area (Å²) in [5.41, 5.74) is 0. The summed E-state index contributed by atoms with van der Waals surface area (Å²) in [4.78, 5) is 12.6. The van der Waals surface area contributed by atoms with Gasteiger partial charge in [0.1, 0.15) is 11.5 Å². The van der Waals surface area contributed by atoms with Crippen LogP contribution in [-0.2, 0) is 21.4 Å². The number of sulfonamides is 1. The van der Waals surface area contributed by atoms with E-state index < -0.39 is 10.0 Å². The summed E-state index contributed by atoms with van der Waals surface area (Å²) in [7, 11) is -2.10. The first-order chi connectivity index (χ1) is 12.5. The van der Waals surface area contributed by atoms with Gasteiger partial charge in [-0.1, -0.05) is 0 Å². The number of hydrogen-bond donors (Lipinski definition) is 1. The van der Waals surface area contributed by atoms with Crippen LogP contribution in [0.4, 0.5) is 0 Å². The fourth-order valence-electron chi connectivity index (χ4n) is 3.00. The minimum Gasteiger partial charge on any atom is -0.497 e. The number of nitrogens with zero attached hydrogens (tertiary/aromatic N) is 1. The van der Waals surface area contributed by atoms with Gasteiger partial charge in [-0.2, -0.15) is 4.31 Å². The van der Waals surface area contributed by atoms with Crippen LogP contribution in [0.15, 0.2) is 52.0 Å². The highest BCUT2D eigenvalue weighted by molar-refractivity contribution is 7.89. The highest BCUT2D eigenvalue weighted by atomic mass is 32.2. The molecule has 0 bridgehead atoms. The van der Waals surface area contributed by atoms with Crippen LogP contribution in [0.25, 0.3) is 0 Å². The number of ether oxygens (including phenoxy) is 1. The summed E-state index contributed by atoms with van der Waals surface area (Å²) >= 11 is 0. The number of rotatable bonds is 6. The third kappa shape index (κ3) is 4.08. The van der Waals surface area contributed by atoms with Crippen LogP contribution in [0, 0.1) is 5.92 Å². The number of carbonyl (C=O) groups excluding carboxylic acids is 1. The summed E-state index contributed by atoms with van der Waals surface area (Å²) in [5.74, 6) is 0.734. The van der Waals surface area contributed by atoms with Crippen molar-refractivity contribution in [3.8, 4) is 5.75 Å². The van der Waals surface area contributed by atoms with Gasteiger partial charge in [0, 0.05) is 13.1 Å². The second kappa shape index (κ2) is 7.92. The van der Waals surface area contributed by atoms with Crippen molar-refractivity contribution in [2.45, 2.75) is 24.3 Å². The average molecular weight is 378 g/mol. The largest absolute Gasteiger partial charge is 0.497 e. The van der Waals surface area contributed by atoms with Crippen molar-refractivity contribution in [2.24, 2.45) is 5.92 Å². The molecule has 2 heterocycles. The van der Waals surface area contributed by atoms with E-state index in [9.17, 15) is 13.2 Å². The quantitative estimate of drug-likeness (QED) is 0.831. The number of amides is 1. The maximum atomic E-state index is 12.8. The molecule has 26 heavy (non-hydrogen) atoms. The molecule has 0 spiro atoms. The standard InChI is InChI=1S/C18H22N2O5S/c1-24-15-6-8-17(9-7-15)26(22,23)20-10-2-4-14(13-20)18(21)19-12-16-5-3-11-25-16/h3,5-9,11,14H,2,4,10,12-13H2,1H3,(H,19,21)/t14-/m0/s1. The maximum absolute atomic E-state index is 12.8. The zero-order valence-electron chi connectivity index (χ0n) is 14.6. The minimum atomic E-state index is -3.63. The number of carbonyl (C=O) groups is 1. The van der Waals surface area contributed by atoms with Gasteiger partial charge < -0.3 is 14.5 Å². The lowest BCUT2D eigenvalue weighted by atomic mass is 9.99. The van der Waals surface area contributed by atoms with E-state index in [0.717, 1.165) is 0 Å². The summed E-state index contributed by atoms with van der Waals surface area (Å²) in [6.45, 7) is 0.891. The van der Waals surface area contributed by atoms with E-state index >= 15 is 0 Å².